The molecule has 1 aliphatic rings. The van der Waals surface area contributed by atoms with E-state index in [9.17, 15) is 19.1 Å². The minimum atomic E-state index is -0.774. The third-order valence-electron chi connectivity index (χ3n) is 5.32. The summed E-state index contributed by atoms with van der Waals surface area (Å²) >= 11 is 6.17. The molecule has 7 nitrogen and oxygen atoms in total. The van der Waals surface area contributed by atoms with Crippen LogP contribution in [0, 0.1) is 12.7 Å². The zero-order chi connectivity index (χ0) is 23.1. The van der Waals surface area contributed by atoms with Crippen molar-refractivity contribution in [2.45, 2.75) is 13.0 Å². The Balaban J connectivity index is 1.36. The Kier molecular flexibility index (Phi) is 8.58. The summed E-state index contributed by atoms with van der Waals surface area (Å²) in [5.41, 5.74) is 1.58. The van der Waals surface area contributed by atoms with E-state index >= 15 is 0 Å². The third-order valence-corrected chi connectivity index (χ3v) is 5.63. The standard InChI is InChI=1S/C23H28ClFN4O3/c1-16-6-7-21(19(24)12-16)27-22(31)15-29-10-8-28(9-11-29)14-17(30)13-26-23(32)18-4-2-3-5-20(18)25/h2-7,12,17,30H,8-11,13-15H2,1H3,(H,26,32)(H,27,31). The van der Waals surface area contributed by atoms with Crippen molar-refractivity contribution in [1.82, 2.24) is 15.1 Å². The first-order chi connectivity index (χ1) is 15.3. The van der Waals surface area contributed by atoms with Crippen LogP contribution in [0.1, 0.15) is 15.9 Å². The number of aliphatic hydroxyl groups excluding tert-OH is 1. The van der Waals surface area contributed by atoms with Crippen molar-refractivity contribution in [3.63, 3.8) is 0 Å². The topological polar surface area (TPSA) is 84.9 Å². The number of aryl methyl sites for hydroxylation is 1. The van der Waals surface area contributed by atoms with E-state index in [2.05, 4.69) is 15.5 Å². The van der Waals surface area contributed by atoms with E-state index in [1.165, 1.54) is 18.2 Å². The molecule has 0 aromatic heterocycles. The van der Waals surface area contributed by atoms with Crippen LogP contribution < -0.4 is 10.6 Å². The summed E-state index contributed by atoms with van der Waals surface area (Å²) in [5.74, 6) is -1.27. The molecule has 0 spiro atoms. The molecule has 0 saturated carbocycles. The summed E-state index contributed by atoms with van der Waals surface area (Å²) in [7, 11) is 0. The van der Waals surface area contributed by atoms with Gasteiger partial charge in [0.05, 0.1) is 28.9 Å². The molecular formula is C23H28ClFN4O3. The number of piperazine rings is 1. The smallest absolute Gasteiger partial charge is 0.254 e. The van der Waals surface area contributed by atoms with Gasteiger partial charge < -0.3 is 15.7 Å². The summed E-state index contributed by atoms with van der Waals surface area (Å²) in [6.45, 7) is 5.37. The van der Waals surface area contributed by atoms with Gasteiger partial charge in [-0.15, -0.1) is 0 Å². The lowest BCUT2D eigenvalue weighted by Crippen LogP contribution is -2.51. The van der Waals surface area contributed by atoms with Gasteiger partial charge in [-0.05, 0) is 36.8 Å². The van der Waals surface area contributed by atoms with Gasteiger partial charge in [0.2, 0.25) is 5.91 Å². The van der Waals surface area contributed by atoms with Gasteiger partial charge in [-0.1, -0.05) is 29.8 Å². The molecule has 0 bridgehead atoms. The van der Waals surface area contributed by atoms with Crippen LogP contribution in [-0.2, 0) is 4.79 Å². The van der Waals surface area contributed by atoms with Crippen molar-refractivity contribution in [3.8, 4) is 0 Å². The second-order valence-electron chi connectivity index (χ2n) is 7.95. The highest BCUT2D eigenvalue weighted by molar-refractivity contribution is 6.33. The van der Waals surface area contributed by atoms with E-state index in [1.807, 2.05) is 17.9 Å². The Morgan fingerprint density at radius 3 is 2.50 bits per heavy atom. The molecule has 2 aromatic rings. The number of carbonyl (C=O) groups excluding carboxylic acids is 2. The average Bonchev–Trinajstić information content (AvgIpc) is 2.76. The third kappa shape index (κ3) is 7.00. The highest BCUT2D eigenvalue weighted by Gasteiger charge is 2.21. The molecule has 1 heterocycles. The summed E-state index contributed by atoms with van der Waals surface area (Å²) in [6, 6.07) is 11.2. The number of aliphatic hydroxyl groups is 1. The fourth-order valence-corrected chi connectivity index (χ4v) is 3.84. The van der Waals surface area contributed by atoms with Crippen molar-refractivity contribution in [1.29, 1.82) is 0 Å². The van der Waals surface area contributed by atoms with E-state index in [4.69, 9.17) is 11.6 Å². The van der Waals surface area contributed by atoms with Gasteiger partial charge in [-0.25, -0.2) is 4.39 Å². The molecule has 1 unspecified atom stereocenters. The number of anilines is 1. The van der Waals surface area contributed by atoms with Gasteiger partial charge in [0.1, 0.15) is 5.82 Å². The maximum atomic E-state index is 13.7. The molecule has 2 amide bonds. The number of hydrogen-bond donors (Lipinski definition) is 3. The van der Waals surface area contributed by atoms with E-state index in [-0.39, 0.29) is 24.6 Å². The van der Waals surface area contributed by atoms with Crippen LogP contribution in [0.2, 0.25) is 5.02 Å². The molecule has 1 fully saturated rings. The Labute approximate surface area is 192 Å². The fourth-order valence-electron chi connectivity index (χ4n) is 3.56. The fraction of sp³-hybridized carbons (Fsp3) is 0.391. The molecule has 1 aliphatic heterocycles. The second kappa shape index (κ2) is 11.4. The van der Waals surface area contributed by atoms with Crippen molar-refractivity contribution >= 4 is 29.1 Å². The van der Waals surface area contributed by atoms with Crippen molar-refractivity contribution in [2.24, 2.45) is 0 Å². The zero-order valence-corrected chi connectivity index (χ0v) is 18.7. The zero-order valence-electron chi connectivity index (χ0n) is 18.0. The average molecular weight is 463 g/mol. The van der Waals surface area contributed by atoms with E-state index in [0.29, 0.717) is 43.4 Å². The summed E-state index contributed by atoms with van der Waals surface area (Å²) in [4.78, 5) is 28.5. The monoisotopic (exact) mass is 462 g/mol. The van der Waals surface area contributed by atoms with E-state index in [0.717, 1.165) is 5.56 Å². The Morgan fingerprint density at radius 2 is 1.81 bits per heavy atom. The van der Waals surface area contributed by atoms with Crippen LogP contribution in [-0.4, -0.2) is 78.6 Å². The SMILES string of the molecule is Cc1ccc(NC(=O)CN2CCN(CC(O)CNC(=O)c3ccccc3F)CC2)c(Cl)c1. The van der Waals surface area contributed by atoms with Gasteiger partial charge in [0.15, 0.2) is 0 Å². The minimum absolute atomic E-state index is 0.0348. The summed E-state index contributed by atoms with van der Waals surface area (Å²) < 4.78 is 13.7. The highest BCUT2D eigenvalue weighted by atomic mass is 35.5. The van der Waals surface area contributed by atoms with Crippen LogP contribution in [0.25, 0.3) is 0 Å². The maximum absolute atomic E-state index is 13.7. The Morgan fingerprint density at radius 1 is 1.12 bits per heavy atom. The van der Waals surface area contributed by atoms with Crippen LogP contribution in [0.5, 0.6) is 0 Å². The van der Waals surface area contributed by atoms with Crippen molar-refractivity contribution in [3.05, 3.63) is 64.4 Å². The molecule has 3 rings (SSSR count). The molecule has 32 heavy (non-hydrogen) atoms. The lowest BCUT2D eigenvalue weighted by Gasteiger charge is -2.35. The Bertz CT molecular complexity index is 951. The van der Waals surface area contributed by atoms with Gasteiger partial charge in [-0.3, -0.25) is 19.4 Å². The molecule has 2 aromatic carbocycles. The van der Waals surface area contributed by atoms with E-state index < -0.39 is 17.8 Å². The number of hydrogen-bond acceptors (Lipinski definition) is 5. The van der Waals surface area contributed by atoms with Gasteiger partial charge in [0, 0.05) is 39.3 Å². The normalized spacial score (nSPS) is 15.9. The number of benzene rings is 2. The molecule has 1 saturated heterocycles. The van der Waals surface area contributed by atoms with Crippen molar-refractivity contribution in [2.75, 3.05) is 51.1 Å². The second-order valence-corrected chi connectivity index (χ2v) is 8.36. The molecule has 3 N–H and O–H groups in total. The van der Waals surface area contributed by atoms with Gasteiger partial charge in [0.25, 0.3) is 5.91 Å². The number of carbonyl (C=O) groups is 2. The first kappa shape index (κ1) is 24.1. The molecule has 0 radical (unpaired) electrons. The van der Waals surface area contributed by atoms with Crippen LogP contribution in [0.4, 0.5) is 10.1 Å². The van der Waals surface area contributed by atoms with Crippen LogP contribution in [0.3, 0.4) is 0 Å². The van der Waals surface area contributed by atoms with Crippen molar-refractivity contribution < 1.29 is 19.1 Å². The molecule has 0 aliphatic carbocycles. The number of halogens is 2. The summed E-state index contributed by atoms with van der Waals surface area (Å²) in [5, 5.41) is 16.2. The minimum Gasteiger partial charge on any atom is -0.390 e. The largest absolute Gasteiger partial charge is 0.390 e. The quantitative estimate of drug-likeness (QED) is 0.559. The molecule has 1 atom stereocenters. The first-order valence-corrected chi connectivity index (χ1v) is 10.9. The number of rotatable bonds is 8. The molecular weight excluding hydrogens is 435 g/mol. The predicted molar refractivity (Wildman–Crippen MR) is 122 cm³/mol. The Hall–Kier alpha value is -2.52. The lowest BCUT2D eigenvalue weighted by molar-refractivity contribution is -0.117. The first-order valence-electron chi connectivity index (χ1n) is 10.5. The number of amides is 2. The number of β-amino-alcohol motifs (C(OH)–C–C–N with tert-alkyl or cyclic N) is 1. The van der Waals surface area contributed by atoms with Crippen LogP contribution in [0.15, 0.2) is 42.5 Å². The summed E-state index contributed by atoms with van der Waals surface area (Å²) in [6.07, 6.45) is -0.774. The maximum Gasteiger partial charge on any atom is 0.254 e. The van der Waals surface area contributed by atoms with Gasteiger partial charge >= 0.3 is 0 Å². The predicted octanol–water partition coefficient (Wildman–Crippen LogP) is 2.13. The molecule has 172 valence electrons. The van der Waals surface area contributed by atoms with Gasteiger partial charge in [-0.2, -0.15) is 0 Å². The van der Waals surface area contributed by atoms with Crippen LogP contribution >= 0.6 is 11.6 Å². The number of nitrogens with zero attached hydrogens (tertiary/aromatic N) is 2. The highest BCUT2D eigenvalue weighted by Crippen LogP contribution is 2.22. The lowest BCUT2D eigenvalue weighted by atomic mass is 10.2. The number of nitrogens with one attached hydrogen (secondary N) is 2. The van der Waals surface area contributed by atoms with E-state index in [1.54, 1.807) is 18.2 Å². The molecule has 9 heteroatoms.